The number of allylic oxidation sites excluding steroid dienone is 12. The van der Waals surface area contributed by atoms with Crippen molar-refractivity contribution >= 4 is 13.8 Å². The van der Waals surface area contributed by atoms with E-state index in [-0.39, 0.29) is 25.8 Å². The van der Waals surface area contributed by atoms with Gasteiger partial charge < -0.3 is 27.9 Å². The predicted molar refractivity (Wildman–Crippen MR) is 305 cm³/mol. The molecule has 414 valence electrons. The molecule has 0 bridgehead atoms. The zero-order valence-corrected chi connectivity index (χ0v) is 48.1. The number of likely N-dealkylation sites (N-methyl/N-ethyl adjacent to an activating group) is 1. The third-order valence-corrected chi connectivity index (χ3v) is 13.7. The molecule has 0 aromatic rings. The molecule has 0 fully saturated rings. The van der Waals surface area contributed by atoms with E-state index in [1.54, 1.807) is 0 Å². The monoisotopic (exact) mass is 1020 g/mol. The topological polar surface area (TPSA) is 94.1 Å². The van der Waals surface area contributed by atoms with E-state index in [1.165, 1.54) is 173 Å². The summed E-state index contributed by atoms with van der Waals surface area (Å²) in [6, 6.07) is 0. The van der Waals surface area contributed by atoms with Gasteiger partial charge in [0.2, 0.25) is 0 Å². The lowest BCUT2D eigenvalue weighted by atomic mass is 10.0. The summed E-state index contributed by atoms with van der Waals surface area (Å²) >= 11 is 0. The number of quaternary nitrogens is 1. The van der Waals surface area contributed by atoms with Crippen LogP contribution in [0.4, 0.5) is 0 Å². The number of rotatable bonds is 55. The summed E-state index contributed by atoms with van der Waals surface area (Å²) in [6.45, 7) is 5.31. The molecule has 71 heavy (non-hydrogen) atoms. The van der Waals surface area contributed by atoms with Crippen molar-refractivity contribution in [2.24, 2.45) is 0 Å². The molecule has 0 saturated carbocycles. The van der Waals surface area contributed by atoms with Gasteiger partial charge in [-0.15, -0.1) is 0 Å². The minimum absolute atomic E-state index is 0.0236. The van der Waals surface area contributed by atoms with E-state index in [0.29, 0.717) is 24.1 Å². The second-order valence-electron chi connectivity index (χ2n) is 21.0. The van der Waals surface area contributed by atoms with Gasteiger partial charge in [0.15, 0.2) is 0 Å². The molecule has 0 aliphatic heterocycles. The Kier molecular flexibility index (Phi) is 52.6. The van der Waals surface area contributed by atoms with Crippen LogP contribution in [0.2, 0.25) is 0 Å². The fraction of sp³-hybridized carbons (Fsp3) is 0.790. The van der Waals surface area contributed by atoms with Gasteiger partial charge in [0.05, 0.1) is 34.4 Å². The Hall–Kier alpha value is -2.06. The largest absolute Gasteiger partial charge is 0.756 e. The van der Waals surface area contributed by atoms with Crippen LogP contribution < -0.4 is 4.89 Å². The van der Waals surface area contributed by atoms with Gasteiger partial charge in [-0.25, -0.2) is 0 Å². The van der Waals surface area contributed by atoms with E-state index in [0.717, 1.165) is 64.2 Å². The van der Waals surface area contributed by atoms with E-state index < -0.39 is 13.9 Å². The average Bonchev–Trinajstić information content (AvgIpc) is 3.33. The van der Waals surface area contributed by atoms with Gasteiger partial charge in [0, 0.05) is 13.0 Å². The van der Waals surface area contributed by atoms with Crippen molar-refractivity contribution in [3.63, 3.8) is 0 Å². The molecule has 0 N–H and O–H groups in total. The van der Waals surface area contributed by atoms with Crippen LogP contribution in [-0.2, 0) is 27.9 Å². The summed E-state index contributed by atoms with van der Waals surface area (Å²) in [7, 11) is 1.36. The third-order valence-electron chi connectivity index (χ3n) is 12.7. The van der Waals surface area contributed by atoms with Gasteiger partial charge >= 0.3 is 5.97 Å². The van der Waals surface area contributed by atoms with E-state index >= 15 is 0 Å². The first-order valence-electron chi connectivity index (χ1n) is 29.7. The van der Waals surface area contributed by atoms with Crippen LogP contribution in [0.1, 0.15) is 258 Å². The molecule has 0 aromatic heterocycles. The number of unbranched alkanes of at least 4 members (excludes halogenated alkanes) is 29. The Bertz CT molecular complexity index is 1370. The fourth-order valence-electron chi connectivity index (χ4n) is 8.22. The summed E-state index contributed by atoms with van der Waals surface area (Å²) in [5.74, 6) is -0.336. The minimum Gasteiger partial charge on any atom is -0.756 e. The highest BCUT2D eigenvalue weighted by atomic mass is 31.2. The Labute approximate surface area is 440 Å². The first kappa shape index (κ1) is 68.9. The SMILES string of the molecule is CC/C=C\C/C=C\C/C=C\C/C=C\CCCCCCCCCCCCCCC(=O)OC(COCCCCCCCCCCCCCC/C=C\C/C=C\CCCCCCC)COP(=O)([O-])OCC[N+](C)(C)C. The van der Waals surface area contributed by atoms with Crippen molar-refractivity contribution in [2.75, 3.05) is 54.1 Å². The Balaban J connectivity index is 4.06. The Morgan fingerprint density at radius 2 is 0.817 bits per heavy atom. The number of carbonyl (C=O) groups is 1. The zero-order valence-electron chi connectivity index (χ0n) is 47.2. The molecule has 2 unspecified atom stereocenters. The number of phosphoric acid groups is 1. The highest BCUT2D eigenvalue weighted by Crippen LogP contribution is 2.38. The normalized spacial score (nSPS) is 13.9. The molecule has 0 aromatic carbocycles. The summed E-state index contributed by atoms with van der Waals surface area (Å²) in [5, 5.41) is 0. The van der Waals surface area contributed by atoms with Crippen LogP contribution in [0.15, 0.2) is 72.9 Å². The number of nitrogens with zero attached hydrogens (tertiary/aromatic N) is 1. The maximum Gasteiger partial charge on any atom is 0.306 e. The summed E-state index contributed by atoms with van der Waals surface area (Å²) in [4.78, 5) is 25.3. The van der Waals surface area contributed by atoms with Crippen LogP contribution >= 0.6 is 7.82 Å². The molecule has 0 amide bonds. The molecule has 8 nitrogen and oxygen atoms in total. The van der Waals surface area contributed by atoms with Crippen molar-refractivity contribution in [1.82, 2.24) is 0 Å². The lowest BCUT2D eigenvalue weighted by Gasteiger charge is -2.28. The minimum atomic E-state index is -4.54. The first-order valence-corrected chi connectivity index (χ1v) is 31.1. The zero-order chi connectivity index (χ0) is 51.9. The van der Waals surface area contributed by atoms with Gasteiger partial charge in [-0.3, -0.25) is 9.36 Å². The third kappa shape index (κ3) is 58.7. The molecule has 0 aliphatic carbocycles. The molecule has 0 radical (unpaired) electrons. The van der Waals surface area contributed by atoms with Gasteiger partial charge in [-0.05, 0) is 83.5 Å². The molecular weight excluding hydrogens is 902 g/mol. The molecule has 0 aliphatic rings. The molecule has 2 atom stereocenters. The molecule has 0 saturated heterocycles. The number of esters is 1. The summed E-state index contributed by atoms with van der Waals surface area (Å²) in [5.41, 5.74) is 0. The summed E-state index contributed by atoms with van der Waals surface area (Å²) < 4.78 is 34.9. The van der Waals surface area contributed by atoms with Crippen LogP contribution in [0.5, 0.6) is 0 Å². The lowest BCUT2D eigenvalue weighted by molar-refractivity contribution is -0.870. The number of phosphoric ester groups is 1. The molecule has 0 rings (SSSR count). The predicted octanol–water partition coefficient (Wildman–Crippen LogP) is 18.3. The number of carbonyl (C=O) groups excluding carboxylic acids is 1. The average molecular weight is 1020 g/mol. The molecular formula is C62H114NO7P. The van der Waals surface area contributed by atoms with Crippen molar-refractivity contribution in [2.45, 2.75) is 264 Å². The van der Waals surface area contributed by atoms with E-state index in [2.05, 4.69) is 86.8 Å². The lowest BCUT2D eigenvalue weighted by Crippen LogP contribution is -2.37. The van der Waals surface area contributed by atoms with Gasteiger partial charge in [0.1, 0.15) is 19.3 Å². The van der Waals surface area contributed by atoms with Crippen molar-refractivity contribution < 1.29 is 37.3 Å². The van der Waals surface area contributed by atoms with E-state index in [4.69, 9.17) is 18.5 Å². The van der Waals surface area contributed by atoms with E-state index in [9.17, 15) is 14.3 Å². The van der Waals surface area contributed by atoms with Crippen LogP contribution in [0.3, 0.4) is 0 Å². The smallest absolute Gasteiger partial charge is 0.306 e. The second kappa shape index (κ2) is 54.2. The van der Waals surface area contributed by atoms with E-state index in [1.807, 2.05) is 21.1 Å². The Morgan fingerprint density at radius 1 is 0.451 bits per heavy atom. The molecule has 0 heterocycles. The second-order valence-corrected chi connectivity index (χ2v) is 22.4. The van der Waals surface area contributed by atoms with Crippen LogP contribution in [-0.4, -0.2) is 70.7 Å². The van der Waals surface area contributed by atoms with Gasteiger partial charge in [-0.2, -0.15) is 0 Å². The maximum absolute atomic E-state index is 12.8. The van der Waals surface area contributed by atoms with Crippen molar-refractivity contribution in [1.29, 1.82) is 0 Å². The highest BCUT2D eigenvalue weighted by Gasteiger charge is 2.20. The number of hydrogen-bond donors (Lipinski definition) is 0. The number of ether oxygens (including phenoxy) is 2. The summed E-state index contributed by atoms with van der Waals surface area (Å²) in [6.07, 6.45) is 72.3. The molecule has 9 heteroatoms. The first-order chi connectivity index (χ1) is 34.6. The van der Waals surface area contributed by atoms with Gasteiger partial charge in [0.25, 0.3) is 7.82 Å². The maximum atomic E-state index is 12.8. The standard InChI is InChI=1S/C62H114NO7P/c1-6-8-10-12-14-16-18-20-22-24-26-28-30-32-33-35-37-39-41-43-45-47-49-51-53-55-62(64)70-61(60-69-71(65,66)68-58-56-63(3,4)5)59-67-57-54-52-50-48-46-44-42-40-38-36-34-31-29-27-25-23-21-19-17-15-13-11-9-7-2/h8,10,14,16,19-22,25-28,61H,6-7,9,11-13,15,17-18,23-24,29-60H2,1-5H3/b10-8-,16-14-,21-19-,22-20-,27-25-,28-26-. The van der Waals surface area contributed by atoms with Crippen LogP contribution in [0.25, 0.3) is 0 Å². The van der Waals surface area contributed by atoms with Crippen molar-refractivity contribution in [3.8, 4) is 0 Å². The highest BCUT2D eigenvalue weighted by molar-refractivity contribution is 7.45. The van der Waals surface area contributed by atoms with Gasteiger partial charge in [-0.1, -0.05) is 241 Å². The Morgan fingerprint density at radius 3 is 1.23 bits per heavy atom. The fourth-order valence-corrected chi connectivity index (χ4v) is 8.95. The quantitative estimate of drug-likeness (QED) is 0.0197. The molecule has 0 spiro atoms. The van der Waals surface area contributed by atoms with Crippen LogP contribution in [0, 0.1) is 0 Å². The van der Waals surface area contributed by atoms with Crippen molar-refractivity contribution in [3.05, 3.63) is 72.9 Å². The number of hydrogen-bond acceptors (Lipinski definition) is 7.